The van der Waals surface area contributed by atoms with Crippen molar-refractivity contribution in [3.05, 3.63) is 65.3 Å². The Morgan fingerprint density at radius 1 is 1.18 bits per heavy atom. The zero-order chi connectivity index (χ0) is 24.1. The minimum Gasteiger partial charge on any atom is -0.497 e. The highest BCUT2D eigenvalue weighted by Crippen LogP contribution is 2.31. The van der Waals surface area contributed by atoms with Gasteiger partial charge in [0, 0.05) is 30.4 Å². The van der Waals surface area contributed by atoms with E-state index in [1.54, 1.807) is 31.4 Å². The van der Waals surface area contributed by atoms with Gasteiger partial charge in [0.25, 0.3) is 5.91 Å². The number of carbonyl (C=O) groups excluding carboxylic acids is 1. The molecule has 9 heteroatoms. The number of carbonyl (C=O) groups is 1. The van der Waals surface area contributed by atoms with Gasteiger partial charge in [-0.25, -0.2) is 8.42 Å². The van der Waals surface area contributed by atoms with E-state index in [-0.39, 0.29) is 17.1 Å². The normalized spacial score (nSPS) is 16.5. The number of fused-ring (bicyclic) bond motifs is 1. The first-order valence-electron chi connectivity index (χ1n) is 11.0. The molecule has 0 spiro atoms. The summed E-state index contributed by atoms with van der Waals surface area (Å²) in [6.45, 7) is 1.18. The number of rotatable bonds is 6. The maximum atomic E-state index is 12.9. The summed E-state index contributed by atoms with van der Waals surface area (Å²) in [5.74, 6) is 0.704. The fraction of sp³-hybridized carbons (Fsp3) is 0.280. The van der Waals surface area contributed by atoms with Crippen molar-refractivity contribution >= 4 is 27.7 Å². The summed E-state index contributed by atoms with van der Waals surface area (Å²) in [6, 6.07) is 13.4. The van der Waals surface area contributed by atoms with Gasteiger partial charge in [0.2, 0.25) is 10.0 Å². The molecule has 4 rings (SSSR count). The Bertz CT molecular complexity index is 1300. The molecule has 2 aliphatic rings. The molecule has 2 heterocycles. The molecule has 1 amide bonds. The van der Waals surface area contributed by atoms with E-state index < -0.39 is 15.9 Å². The lowest BCUT2D eigenvalue weighted by atomic mass is 10.0. The quantitative estimate of drug-likeness (QED) is 0.500. The first kappa shape index (κ1) is 23.5. The van der Waals surface area contributed by atoms with Crippen molar-refractivity contribution in [3.63, 3.8) is 0 Å². The highest BCUT2D eigenvalue weighted by Gasteiger charge is 2.26. The summed E-state index contributed by atoms with van der Waals surface area (Å²) in [6.07, 6.45) is 6.01. The van der Waals surface area contributed by atoms with Crippen LogP contribution < -0.4 is 14.8 Å². The minimum absolute atomic E-state index is 0.115. The third-order valence-corrected chi connectivity index (χ3v) is 7.59. The molecular weight excluding hydrogens is 454 g/mol. The lowest BCUT2D eigenvalue weighted by molar-refractivity contribution is -0.112. The Labute approximate surface area is 199 Å². The molecule has 0 atom stereocenters. The lowest BCUT2D eigenvalue weighted by Gasteiger charge is -2.26. The molecule has 0 aliphatic carbocycles. The summed E-state index contributed by atoms with van der Waals surface area (Å²) in [5, 5.41) is 12.2. The van der Waals surface area contributed by atoms with Gasteiger partial charge < -0.3 is 14.8 Å². The van der Waals surface area contributed by atoms with Crippen LogP contribution in [0.4, 0.5) is 5.69 Å². The summed E-state index contributed by atoms with van der Waals surface area (Å²) < 4.78 is 38.3. The first-order chi connectivity index (χ1) is 16.4. The molecule has 34 heavy (non-hydrogen) atoms. The number of anilines is 1. The lowest BCUT2D eigenvalue weighted by Crippen LogP contribution is -2.35. The van der Waals surface area contributed by atoms with Gasteiger partial charge in [0.15, 0.2) is 0 Å². The summed E-state index contributed by atoms with van der Waals surface area (Å²) >= 11 is 0. The van der Waals surface area contributed by atoms with Crippen LogP contribution in [0.3, 0.4) is 0 Å². The Balaban J connectivity index is 1.51. The van der Waals surface area contributed by atoms with Crippen LogP contribution in [-0.4, -0.2) is 45.4 Å². The predicted octanol–water partition coefficient (Wildman–Crippen LogP) is 3.73. The summed E-state index contributed by atoms with van der Waals surface area (Å²) in [7, 11) is -2.06. The van der Waals surface area contributed by atoms with E-state index in [1.807, 2.05) is 18.2 Å². The van der Waals surface area contributed by atoms with Crippen molar-refractivity contribution in [1.29, 1.82) is 5.26 Å². The Morgan fingerprint density at radius 3 is 2.71 bits per heavy atom. The second-order valence-electron chi connectivity index (χ2n) is 8.03. The van der Waals surface area contributed by atoms with E-state index in [9.17, 15) is 18.5 Å². The fourth-order valence-corrected chi connectivity index (χ4v) is 5.46. The minimum atomic E-state index is -3.63. The topological polar surface area (TPSA) is 109 Å². The number of ether oxygens (including phenoxy) is 2. The van der Waals surface area contributed by atoms with Gasteiger partial charge in [0.1, 0.15) is 29.7 Å². The predicted molar refractivity (Wildman–Crippen MR) is 128 cm³/mol. The molecule has 0 unspecified atom stereocenters. The number of sulfonamides is 1. The van der Waals surface area contributed by atoms with Crippen LogP contribution in [0.1, 0.15) is 24.8 Å². The van der Waals surface area contributed by atoms with E-state index >= 15 is 0 Å². The molecule has 1 N–H and O–H groups in total. The summed E-state index contributed by atoms with van der Waals surface area (Å²) in [4.78, 5) is 12.9. The first-order valence-corrected chi connectivity index (χ1v) is 12.4. The second kappa shape index (κ2) is 10.1. The zero-order valence-corrected chi connectivity index (χ0v) is 19.6. The third kappa shape index (κ3) is 5.14. The number of nitrogens with one attached hydrogen (secondary N) is 1. The Morgan fingerprint density at radius 2 is 1.97 bits per heavy atom. The van der Waals surface area contributed by atoms with Crippen molar-refractivity contribution in [2.45, 2.75) is 24.2 Å². The third-order valence-electron chi connectivity index (χ3n) is 5.70. The van der Waals surface area contributed by atoms with Gasteiger partial charge in [0.05, 0.1) is 12.0 Å². The standard InChI is InChI=1S/C25H25N3O5S/c1-32-22-9-8-19-12-18(17-33-24(19)15-22)13-20(16-26)25(29)27-21-6-5-7-23(14-21)34(30,31)28-10-3-2-4-11-28/h5-9,12-15H,2-4,10-11,17H2,1H3,(H,27,29)/b20-13+. The second-order valence-corrected chi connectivity index (χ2v) is 9.97. The number of nitrogens with zero attached hydrogens (tertiary/aromatic N) is 2. The van der Waals surface area contributed by atoms with Gasteiger partial charge in [-0.3, -0.25) is 4.79 Å². The molecule has 1 fully saturated rings. The molecular formula is C25H25N3O5S. The Hall–Kier alpha value is -3.61. The average Bonchev–Trinajstić information content (AvgIpc) is 2.87. The molecule has 2 aromatic carbocycles. The molecule has 0 saturated carbocycles. The van der Waals surface area contributed by atoms with Crippen LogP contribution in [0.25, 0.3) is 6.08 Å². The number of hydrogen-bond donors (Lipinski definition) is 1. The maximum absolute atomic E-state index is 12.9. The van der Waals surface area contributed by atoms with Crippen molar-refractivity contribution in [1.82, 2.24) is 4.31 Å². The molecule has 0 radical (unpaired) electrons. The van der Waals surface area contributed by atoms with Crippen molar-refractivity contribution in [2.24, 2.45) is 0 Å². The van der Waals surface area contributed by atoms with Crippen LogP contribution >= 0.6 is 0 Å². The number of hydrogen-bond acceptors (Lipinski definition) is 6. The highest BCUT2D eigenvalue weighted by atomic mass is 32.2. The molecule has 2 aliphatic heterocycles. The van der Waals surface area contributed by atoms with Crippen LogP contribution in [0.2, 0.25) is 0 Å². The van der Waals surface area contributed by atoms with Crippen LogP contribution in [0.5, 0.6) is 11.5 Å². The zero-order valence-electron chi connectivity index (χ0n) is 18.8. The molecule has 0 aromatic heterocycles. The smallest absolute Gasteiger partial charge is 0.266 e. The monoisotopic (exact) mass is 479 g/mol. The van der Waals surface area contributed by atoms with Gasteiger partial charge in [-0.05, 0) is 60.9 Å². The number of nitriles is 1. The van der Waals surface area contributed by atoms with Gasteiger partial charge in [-0.1, -0.05) is 12.5 Å². The van der Waals surface area contributed by atoms with E-state index in [1.165, 1.54) is 22.5 Å². The number of amides is 1. The average molecular weight is 480 g/mol. The Kier molecular flexibility index (Phi) is 7.01. The van der Waals surface area contributed by atoms with Gasteiger partial charge in [-0.15, -0.1) is 0 Å². The van der Waals surface area contributed by atoms with Crippen LogP contribution in [0, 0.1) is 11.3 Å². The molecule has 2 aromatic rings. The van der Waals surface area contributed by atoms with Gasteiger partial charge >= 0.3 is 0 Å². The fourth-order valence-electron chi connectivity index (χ4n) is 3.89. The highest BCUT2D eigenvalue weighted by molar-refractivity contribution is 7.89. The molecule has 1 saturated heterocycles. The molecule has 176 valence electrons. The summed E-state index contributed by atoms with van der Waals surface area (Å²) in [5.41, 5.74) is 1.66. The van der Waals surface area contributed by atoms with E-state index in [0.717, 1.165) is 24.8 Å². The van der Waals surface area contributed by atoms with E-state index in [0.29, 0.717) is 35.8 Å². The molecule has 8 nitrogen and oxygen atoms in total. The SMILES string of the molecule is COc1ccc2c(c1)OCC(/C=C(\C#N)C(=O)Nc1cccc(S(=O)(=O)N3CCCCC3)c1)=C2. The molecule has 0 bridgehead atoms. The maximum Gasteiger partial charge on any atom is 0.266 e. The van der Waals surface area contributed by atoms with Crippen molar-refractivity contribution in [3.8, 4) is 17.6 Å². The number of benzene rings is 2. The van der Waals surface area contributed by atoms with E-state index in [4.69, 9.17) is 9.47 Å². The largest absolute Gasteiger partial charge is 0.497 e. The van der Waals surface area contributed by atoms with Crippen LogP contribution in [-0.2, 0) is 14.8 Å². The van der Waals surface area contributed by atoms with Crippen LogP contribution in [0.15, 0.2) is 64.6 Å². The van der Waals surface area contributed by atoms with Crippen molar-refractivity contribution < 1.29 is 22.7 Å². The van der Waals surface area contributed by atoms with Gasteiger partial charge in [-0.2, -0.15) is 9.57 Å². The van der Waals surface area contributed by atoms with Crippen molar-refractivity contribution in [2.75, 3.05) is 32.1 Å². The van der Waals surface area contributed by atoms with E-state index in [2.05, 4.69) is 5.32 Å². The number of piperidine rings is 1. The number of methoxy groups -OCH3 is 1.